The fourth-order valence-corrected chi connectivity index (χ4v) is 4.01. The number of rotatable bonds is 6. The lowest BCUT2D eigenvalue weighted by atomic mass is 10.0. The minimum absolute atomic E-state index is 0.263. The van der Waals surface area contributed by atoms with Crippen LogP contribution in [0.4, 0.5) is 0 Å². The Morgan fingerprint density at radius 3 is 3.09 bits per heavy atom. The first-order valence-corrected chi connectivity index (χ1v) is 8.48. The highest BCUT2D eigenvalue weighted by atomic mass is 32.1. The van der Waals surface area contributed by atoms with E-state index in [1.807, 2.05) is 17.7 Å². The standard InChI is InChI=1S/C17H23N3OS/c1-4-9-21-11-16-17-15(18-12-19(17)3)7-8-20(16)10-14-6-5-13(2)22-14/h4-6,12,16H,1,7-11H2,2-3H3. The van der Waals surface area contributed by atoms with E-state index in [1.54, 1.807) is 6.08 Å². The number of hydrogen-bond donors (Lipinski definition) is 0. The van der Waals surface area contributed by atoms with Gasteiger partial charge < -0.3 is 9.30 Å². The van der Waals surface area contributed by atoms with Crippen molar-refractivity contribution in [1.29, 1.82) is 0 Å². The molecule has 3 rings (SSSR count). The molecule has 0 saturated heterocycles. The predicted octanol–water partition coefficient (Wildman–Crippen LogP) is 3.09. The number of aromatic nitrogens is 2. The fourth-order valence-electron chi connectivity index (χ4n) is 3.09. The molecule has 0 fully saturated rings. The molecule has 0 N–H and O–H groups in total. The molecule has 1 aliphatic rings. The molecule has 118 valence electrons. The maximum atomic E-state index is 5.78. The van der Waals surface area contributed by atoms with Crippen LogP contribution in [0.1, 0.15) is 27.2 Å². The van der Waals surface area contributed by atoms with Crippen molar-refractivity contribution >= 4 is 11.3 Å². The molecule has 1 aliphatic heterocycles. The van der Waals surface area contributed by atoms with E-state index in [1.165, 1.54) is 21.1 Å². The number of thiophene rings is 1. The van der Waals surface area contributed by atoms with Crippen LogP contribution in [-0.2, 0) is 24.8 Å². The topological polar surface area (TPSA) is 30.3 Å². The molecule has 2 aromatic heterocycles. The van der Waals surface area contributed by atoms with Crippen molar-refractivity contribution in [3.63, 3.8) is 0 Å². The normalized spacial score (nSPS) is 18.4. The Morgan fingerprint density at radius 2 is 2.36 bits per heavy atom. The van der Waals surface area contributed by atoms with E-state index in [-0.39, 0.29) is 6.04 Å². The molecule has 0 radical (unpaired) electrons. The molecule has 3 heterocycles. The first-order chi connectivity index (χ1) is 10.7. The Bertz CT molecular complexity index is 646. The van der Waals surface area contributed by atoms with E-state index in [0.717, 1.165) is 19.5 Å². The lowest BCUT2D eigenvalue weighted by molar-refractivity contribution is 0.0592. The molecule has 5 heteroatoms. The third kappa shape index (κ3) is 3.16. The van der Waals surface area contributed by atoms with Crippen LogP contribution in [0.5, 0.6) is 0 Å². The minimum atomic E-state index is 0.263. The molecule has 2 aromatic rings. The van der Waals surface area contributed by atoms with Gasteiger partial charge in [-0.15, -0.1) is 17.9 Å². The van der Waals surface area contributed by atoms with E-state index < -0.39 is 0 Å². The minimum Gasteiger partial charge on any atom is -0.375 e. The van der Waals surface area contributed by atoms with Crippen LogP contribution in [-0.4, -0.2) is 34.2 Å². The van der Waals surface area contributed by atoms with Crippen molar-refractivity contribution < 1.29 is 4.74 Å². The summed E-state index contributed by atoms with van der Waals surface area (Å²) in [6, 6.07) is 4.70. The second-order valence-corrected chi connectivity index (χ2v) is 7.13. The molecule has 0 spiro atoms. The average molecular weight is 317 g/mol. The summed E-state index contributed by atoms with van der Waals surface area (Å²) in [5.41, 5.74) is 2.51. The van der Waals surface area contributed by atoms with Gasteiger partial charge in [0.2, 0.25) is 0 Å². The van der Waals surface area contributed by atoms with Gasteiger partial charge in [-0.3, -0.25) is 4.90 Å². The first kappa shape index (κ1) is 15.5. The van der Waals surface area contributed by atoms with E-state index in [0.29, 0.717) is 13.2 Å². The summed E-state index contributed by atoms with van der Waals surface area (Å²) in [5, 5.41) is 0. The molecule has 1 unspecified atom stereocenters. The van der Waals surface area contributed by atoms with Crippen molar-refractivity contribution in [2.24, 2.45) is 7.05 Å². The van der Waals surface area contributed by atoms with Gasteiger partial charge in [-0.05, 0) is 19.1 Å². The van der Waals surface area contributed by atoms with Crippen LogP contribution in [0.25, 0.3) is 0 Å². The third-order valence-electron chi connectivity index (χ3n) is 4.12. The van der Waals surface area contributed by atoms with E-state index in [2.05, 4.69) is 47.1 Å². The van der Waals surface area contributed by atoms with Crippen molar-refractivity contribution in [3.8, 4) is 0 Å². The summed E-state index contributed by atoms with van der Waals surface area (Å²) < 4.78 is 7.92. The average Bonchev–Trinajstić information content (AvgIpc) is 3.08. The molecular formula is C17H23N3OS. The second-order valence-electron chi connectivity index (χ2n) is 5.76. The van der Waals surface area contributed by atoms with Crippen LogP contribution >= 0.6 is 11.3 Å². The lowest BCUT2D eigenvalue weighted by Crippen LogP contribution is -2.38. The van der Waals surface area contributed by atoms with Crippen molar-refractivity contribution in [1.82, 2.24) is 14.5 Å². The Hall–Kier alpha value is -1.43. The molecule has 0 bridgehead atoms. The van der Waals surface area contributed by atoms with Gasteiger partial charge in [0.1, 0.15) is 0 Å². The van der Waals surface area contributed by atoms with Gasteiger partial charge in [-0.25, -0.2) is 4.98 Å². The third-order valence-corrected chi connectivity index (χ3v) is 5.11. The van der Waals surface area contributed by atoms with Gasteiger partial charge in [-0.1, -0.05) is 6.08 Å². The van der Waals surface area contributed by atoms with Crippen LogP contribution in [0.15, 0.2) is 31.1 Å². The molecule has 4 nitrogen and oxygen atoms in total. The number of ether oxygens (including phenoxy) is 1. The first-order valence-electron chi connectivity index (χ1n) is 7.67. The second kappa shape index (κ2) is 6.77. The van der Waals surface area contributed by atoms with E-state index >= 15 is 0 Å². The largest absolute Gasteiger partial charge is 0.375 e. The van der Waals surface area contributed by atoms with E-state index in [9.17, 15) is 0 Å². The lowest BCUT2D eigenvalue weighted by Gasteiger charge is -2.35. The van der Waals surface area contributed by atoms with Crippen LogP contribution < -0.4 is 0 Å². The monoisotopic (exact) mass is 317 g/mol. The van der Waals surface area contributed by atoms with Crippen LogP contribution in [0, 0.1) is 6.92 Å². The highest BCUT2D eigenvalue weighted by Gasteiger charge is 2.31. The summed E-state index contributed by atoms with van der Waals surface area (Å²) in [4.78, 5) is 9.84. The van der Waals surface area contributed by atoms with Gasteiger partial charge in [0.25, 0.3) is 0 Å². The highest BCUT2D eigenvalue weighted by molar-refractivity contribution is 7.11. The highest BCUT2D eigenvalue weighted by Crippen LogP contribution is 2.31. The maximum Gasteiger partial charge on any atom is 0.0949 e. The van der Waals surface area contributed by atoms with Crippen molar-refractivity contribution in [2.75, 3.05) is 19.8 Å². The van der Waals surface area contributed by atoms with Gasteiger partial charge >= 0.3 is 0 Å². The van der Waals surface area contributed by atoms with Crippen LogP contribution in [0.3, 0.4) is 0 Å². The molecule has 0 amide bonds. The summed E-state index contributed by atoms with van der Waals surface area (Å²) >= 11 is 1.88. The fraction of sp³-hybridized carbons (Fsp3) is 0.471. The summed E-state index contributed by atoms with van der Waals surface area (Å²) in [5.74, 6) is 0. The van der Waals surface area contributed by atoms with Gasteiger partial charge in [0.15, 0.2) is 0 Å². The summed E-state index contributed by atoms with van der Waals surface area (Å²) in [6.45, 7) is 9.18. The predicted molar refractivity (Wildman–Crippen MR) is 90.1 cm³/mol. The molecule has 0 saturated carbocycles. The van der Waals surface area contributed by atoms with Gasteiger partial charge in [0, 0.05) is 36.3 Å². The Labute approximate surface area is 136 Å². The number of fused-ring (bicyclic) bond motifs is 1. The summed E-state index contributed by atoms with van der Waals surface area (Å²) in [6.07, 6.45) is 4.74. The Morgan fingerprint density at radius 1 is 1.50 bits per heavy atom. The quantitative estimate of drug-likeness (QED) is 0.606. The zero-order valence-corrected chi connectivity index (χ0v) is 14.1. The van der Waals surface area contributed by atoms with Crippen molar-refractivity contribution in [2.45, 2.75) is 25.9 Å². The summed E-state index contributed by atoms with van der Waals surface area (Å²) in [7, 11) is 2.07. The number of hydrogen-bond acceptors (Lipinski definition) is 4. The number of aryl methyl sites for hydroxylation is 2. The molecule has 0 aromatic carbocycles. The zero-order valence-electron chi connectivity index (χ0n) is 13.3. The molecule has 0 aliphatic carbocycles. The molecular weight excluding hydrogens is 294 g/mol. The van der Waals surface area contributed by atoms with Crippen LogP contribution in [0.2, 0.25) is 0 Å². The van der Waals surface area contributed by atoms with Gasteiger partial charge in [-0.2, -0.15) is 0 Å². The zero-order chi connectivity index (χ0) is 15.5. The number of nitrogens with zero attached hydrogens (tertiary/aromatic N) is 3. The van der Waals surface area contributed by atoms with Gasteiger partial charge in [0.05, 0.1) is 37.0 Å². The van der Waals surface area contributed by atoms with E-state index in [4.69, 9.17) is 4.74 Å². The molecule has 22 heavy (non-hydrogen) atoms. The smallest absolute Gasteiger partial charge is 0.0949 e. The van der Waals surface area contributed by atoms with Crippen molar-refractivity contribution in [3.05, 3.63) is 52.3 Å². The number of imidazole rings is 1. The maximum absolute atomic E-state index is 5.78. The SMILES string of the molecule is C=CCOCC1c2c(ncn2C)CCN1Cc1ccc(C)s1. The Kier molecular flexibility index (Phi) is 4.76. The molecule has 1 atom stereocenters. The Balaban J connectivity index is 1.81.